The number of alkyl halides is 2. The number of carbonyl (C=O) groups is 2. The van der Waals surface area contributed by atoms with Crippen molar-refractivity contribution < 1.29 is 31.9 Å². The molecule has 1 unspecified atom stereocenters. The maximum atomic E-state index is 13.7. The van der Waals surface area contributed by atoms with Gasteiger partial charge in [0.25, 0.3) is 6.43 Å². The van der Waals surface area contributed by atoms with Crippen molar-refractivity contribution in [2.24, 2.45) is 5.41 Å². The fourth-order valence-electron chi connectivity index (χ4n) is 3.69. The number of benzene rings is 2. The number of amides is 2. The minimum absolute atomic E-state index is 0.0505. The number of rotatable bonds is 12. The van der Waals surface area contributed by atoms with Gasteiger partial charge in [-0.25, -0.2) is 27.3 Å². The maximum absolute atomic E-state index is 13.7. The fraction of sp³-hybridized carbons (Fsp3) is 0.346. The van der Waals surface area contributed by atoms with Crippen LogP contribution in [0.2, 0.25) is 5.02 Å². The zero-order valence-electron chi connectivity index (χ0n) is 20.5. The SMILES string of the molecule is CC(CCNCC(F)F)(CCOC(=O)Nc1cc2cc(F)ccc2cn1)C(=O)NCc1cccc(F)c1Cl. The summed E-state index contributed by atoms with van der Waals surface area (Å²) in [7, 11) is 0. The minimum Gasteiger partial charge on any atom is -0.449 e. The molecule has 0 saturated heterocycles. The number of ether oxygens (including phenoxy) is 1. The molecule has 0 saturated carbocycles. The zero-order valence-corrected chi connectivity index (χ0v) is 21.3. The number of pyridine rings is 1. The highest BCUT2D eigenvalue weighted by Crippen LogP contribution is 2.27. The van der Waals surface area contributed by atoms with Crippen molar-refractivity contribution in [3.63, 3.8) is 0 Å². The predicted octanol–water partition coefficient (Wildman–Crippen LogP) is 5.67. The second-order valence-electron chi connectivity index (χ2n) is 8.87. The molecule has 2 aromatic carbocycles. The van der Waals surface area contributed by atoms with Gasteiger partial charge in [0.05, 0.1) is 23.6 Å². The second-order valence-corrected chi connectivity index (χ2v) is 9.25. The maximum Gasteiger partial charge on any atom is 0.412 e. The smallest absolute Gasteiger partial charge is 0.412 e. The molecule has 3 rings (SSSR count). The Morgan fingerprint density at radius 3 is 2.66 bits per heavy atom. The number of halogens is 5. The van der Waals surface area contributed by atoms with E-state index in [2.05, 4.69) is 20.9 Å². The molecule has 1 aromatic heterocycles. The van der Waals surface area contributed by atoms with Crippen LogP contribution < -0.4 is 16.0 Å². The van der Waals surface area contributed by atoms with Crippen molar-refractivity contribution in [1.29, 1.82) is 0 Å². The monoisotopic (exact) mass is 554 g/mol. The van der Waals surface area contributed by atoms with Crippen LogP contribution >= 0.6 is 11.6 Å². The van der Waals surface area contributed by atoms with E-state index in [0.29, 0.717) is 16.3 Å². The number of carbonyl (C=O) groups excluding carboxylic acids is 2. The highest BCUT2D eigenvalue weighted by atomic mass is 35.5. The lowest BCUT2D eigenvalue weighted by atomic mass is 9.82. The Balaban J connectivity index is 1.59. The number of fused-ring (bicyclic) bond motifs is 1. The number of hydrogen-bond donors (Lipinski definition) is 3. The summed E-state index contributed by atoms with van der Waals surface area (Å²) in [6, 6.07) is 9.87. The first-order valence-electron chi connectivity index (χ1n) is 11.8. The molecule has 2 amide bonds. The van der Waals surface area contributed by atoms with E-state index >= 15 is 0 Å². The van der Waals surface area contributed by atoms with Crippen LogP contribution in [0.3, 0.4) is 0 Å². The van der Waals surface area contributed by atoms with E-state index in [1.165, 1.54) is 36.5 Å². The number of anilines is 1. The summed E-state index contributed by atoms with van der Waals surface area (Å²) in [6.07, 6.45) is -1.68. The average molecular weight is 555 g/mol. The Kier molecular flexibility index (Phi) is 10.3. The second kappa shape index (κ2) is 13.4. The first kappa shape index (κ1) is 29.1. The topological polar surface area (TPSA) is 92.3 Å². The van der Waals surface area contributed by atoms with E-state index in [0.717, 1.165) is 0 Å². The summed E-state index contributed by atoms with van der Waals surface area (Å²) in [5.41, 5.74) is -0.745. The third kappa shape index (κ3) is 8.29. The van der Waals surface area contributed by atoms with E-state index in [-0.39, 0.29) is 43.4 Å². The van der Waals surface area contributed by atoms with Crippen LogP contribution in [0.15, 0.2) is 48.7 Å². The van der Waals surface area contributed by atoms with E-state index < -0.39 is 42.0 Å². The Morgan fingerprint density at radius 2 is 1.89 bits per heavy atom. The first-order valence-corrected chi connectivity index (χ1v) is 12.1. The lowest BCUT2D eigenvalue weighted by molar-refractivity contribution is -0.131. The lowest BCUT2D eigenvalue weighted by Gasteiger charge is -2.28. The third-order valence-electron chi connectivity index (χ3n) is 5.97. The standard InChI is InChI=1S/C26H27ClF4N4O3/c1-26(7-9-32-15-21(30)31,24(36)34-14-17-3-2-4-20(29)23(17)27)8-10-38-25(37)35-22-12-18-11-19(28)6-5-16(18)13-33-22/h2-6,11-13,21,32H,7-10,14-15H2,1H3,(H,34,36)(H,33,35,37). The lowest BCUT2D eigenvalue weighted by Crippen LogP contribution is -2.42. The predicted molar refractivity (Wildman–Crippen MR) is 136 cm³/mol. The van der Waals surface area contributed by atoms with Gasteiger partial charge in [-0.05, 0) is 60.7 Å². The molecular weight excluding hydrogens is 528 g/mol. The van der Waals surface area contributed by atoms with Crippen LogP contribution in [0.4, 0.5) is 28.2 Å². The van der Waals surface area contributed by atoms with Gasteiger partial charge >= 0.3 is 6.09 Å². The van der Waals surface area contributed by atoms with Crippen molar-refractivity contribution in [3.8, 4) is 0 Å². The van der Waals surface area contributed by atoms with E-state index in [4.69, 9.17) is 16.3 Å². The van der Waals surface area contributed by atoms with Crippen LogP contribution in [0, 0.1) is 17.0 Å². The van der Waals surface area contributed by atoms with Gasteiger partial charge in [-0.15, -0.1) is 0 Å². The molecule has 3 aromatic rings. The molecule has 1 heterocycles. The summed E-state index contributed by atoms with van der Waals surface area (Å²) in [5, 5.41) is 8.84. The van der Waals surface area contributed by atoms with Gasteiger partial charge in [0, 0.05) is 18.1 Å². The van der Waals surface area contributed by atoms with Gasteiger partial charge in [0.2, 0.25) is 5.91 Å². The summed E-state index contributed by atoms with van der Waals surface area (Å²) >= 11 is 5.95. The van der Waals surface area contributed by atoms with Crippen LogP contribution in [0.1, 0.15) is 25.3 Å². The Bertz CT molecular complexity index is 1280. The summed E-state index contributed by atoms with van der Waals surface area (Å²) in [4.78, 5) is 29.4. The van der Waals surface area contributed by atoms with Crippen LogP contribution in [0.25, 0.3) is 10.8 Å². The molecule has 0 radical (unpaired) electrons. The van der Waals surface area contributed by atoms with Gasteiger partial charge in [-0.2, -0.15) is 0 Å². The molecule has 0 spiro atoms. The quantitative estimate of drug-likeness (QED) is 0.198. The molecule has 1 atom stereocenters. The zero-order chi connectivity index (χ0) is 27.7. The summed E-state index contributed by atoms with van der Waals surface area (Å²) in [5.74, 6) is -1.35. The van der Waals surface area contributed by atoms with E-state index in [9.17, 15) is 27.2 Å². The van der Waals surface area contributed by atoms with Crippen molar-refractivity contribution in [3.05, 3.63) is 70.9 Å². The minimum atomic E-state index is -2.54. The Labute approximate surface area is 221 Å². The Morgan fingerprint density at radius 1 is 1.11 bits per heavy atom. The molecule has 0 aliphatic carbocycles. The van der Waals surface area contributed by atoms with Gasteiger partial charge in [-0.3, -0.25) is 10.1 Å². The molecule has 0 aliphatic rings. The molecule has 204 valence electrons. The van der Waals surface area contributed by atoms with Crippen molar-refractivity contribution in [1.82, 2.24) is 15.6 Å². The van der Waals surface area contributed by atoms with Crippen LogP contribution in [0.5, 0.6) is 0 Å². The first-order chi connectivity index (χ1) is 18.1. The highest BCUT2D eigenvalue weighted by Gasteiger charge is 2.33. The third-order valence-corrected chi connectivity index (χ3v) is 6.40. The largest absolute Gasteiger partial charge is 0.449 e. The fourth-order valence-corrected chi connectivity index (χ4v) is 3.88. The highest BCUT2D eigenvalue weighted by molar-refractivity contribution is 6.31. The van der Waals surface area contributed by atoms with E-state index in [1.807, 2.05) is 0 Å². The average Bonchev–Trinajstić information content (AvgIpc) is 2.87. The van der Waals surface area contributed by atoms with Crippen molar-refractivity contribution in [2.75, 3.05) is 25.0 Å². The number of nitrogens with zero attached hydrogens (tertiary/aromatic N) is 1. The van der Waals surface area contributed by atoms with Crippen LogP contribution in [-0.4, -0.2) is 43.1 Å². The van der Waals surface area contributed by atoms with Gasteiger partial charge in [0.1, 0.15) is 17.5 Å². The molecule has 0 fully saturated rings. The number of hydrogen-bond acceptors (Lipinski definition) is 5. The van der Waals surface area contributed by atoms with Gasteiger partial charge in [-0.1, -0.05) is 30.7 Å². The molecule has 12 heteroatoms. The van der Waals surface area contributed by atoms with Crippen molar-refractivity contribution in [2.45, 2.75) is 32.7 Å². The molecular formula is C26H27ClF4N4O3. The summed E-state index contributed by atoms with van der Waals surface area (Å²) < 4.78 is 57.4. The Hall–Kier alpha value is -3.44. The molecule has 0 bridgehead atoms. The number of aromatic nitrogens is 1. The molecule has 38 heavy (non-hydrogen) atoms. The molecule has 0 aliphatic heterocycles. The summed E-state index contributed by atoms with van der Waals surface area (Å²) in [6.45, 7) is 0.968. The molecule has 7 nitrogen and oxygen atoms in total. The van der Waals surface area contributed by atoms with E-state index in [1.54, 1.807) is 19.1 Å². The van der Waals surface area contributed by atoms with Gasteiger partial charge in [0.15, 0.2) is 0 Å². The molecule has 3 N–H and O–H groups in total. The van der Waals surface area contributed by atoms with Gasteiger partial charge < -0.3 is 15.4 Å². The van der Waals surface area contributed by atoms with Crippen LogP contribution in [-0.2, 0) is 16.1 Å². The van der Waals surface area contributed by atoms with Crippen molar-refractivity contribution >= 4 is 40.2 Å². The normalized spacial score (nSPS) is 12.8. The number of nitrogens with one attached hydrogen (secondary N) is 3.